The minimum absolute atomic E-state index is 0.0183. The van der Waals surface area contributed by atoms with Gasteiger partial charge in [-0.2, -0.15) is 13.2 Å². The highest BCUT2D eigenvalue weighted by Gasteiger charge is 2.67. The Morgan fingerprint density at radius 3 is 2.35 bits per heavy atom. The summed E-state index contributed by atoms with van der Waals surface area (Å²) in [5.41, 5.74) is -0.793. The number of nitrogens with zero attached hydrogens (tertiary/aromatic N) is 1. The van der Waals surface area contributed by atoms with Crippen LogP contribution in [0.15, 0.2) is 54.6 Å². The van der Waals surface area contributed by atoms with Crippen LogP contribution in [0.5, 0.6) is 0 Å². The summed E-state index contributed by atoms with van der Waals surface area (Å²) in [5.74, 6) is -1.23. The van der Waals surface area contributed by atoms with Crippen molar-refractivity contribution in [3.05, 3.63) is 71.3 Å². The van der Waals surface area contributed by atoms with Crippen LogP contribution in [0.4, 0.5) is 13.2 Å². The van der Waals surface area contributed by atoms with Crippen molar-refractivity contribution in [2.45, 2.75) is 31.5 Å². The summed E-state index contributed by atoms with van der Waals surface area (Å²) in [6, 6.07) is 14.4. The lowest BCUT2D eigenvalue weighted by atomic mass is 9.94. The van der Waals surface area contributed by atoms with Crippen molar-refractivity contribution in [3.63, 3.8) is 0 Å². The number of rotatable bonds is 3. The van der Waals surface area contributed by atoms with Gasteiger partial charge in [-0.15, -0.1) is 0 Å². The molecule has 4 rings (SSSR count). The second-order valence-electron chi connectivity index (χ2n) is 6.95. The zero-order valence-electron chi connectivity index (χ0n) is 13.8. The average molecular weight is 359 g/mol. The molecule has 6 heteroatoms. The second kappa shape index (κ2) is 5.69. The van der Waals surface area contributed by atoms with E-state index in [0.29, 0.717) is 0 Å². The first-order chi connectivity index (χ1) is 12.3. The lowest BCUT2D eigenvalue weighted by molar-refractivity contribution is -0.141. The lowest BCUT2D eigenvalue weighted by Gasteiger charge is -2.16. The van der Waals surface area contributed by atoms with Crippen LogP contribution in [0.25, 0.3) is 0 Å². The third-order valence-electron chi connectivity index (χ3n) is 5.34. The quantitative estimate of drug-likeness (QED) is 0.773. The van der Waals surface area contributed by atoms with E-state index in [9.17, 15) is 22.8 Å². The molecule has 2 fully saturated rings. The first kappa shape index (κ1) is 16.8. The van der Waals surface area contributed by atoms with E-state index in [1.54, 1.807) is 6.07 Å². The van der Waals surface area contributed by atoms with Crippen LogP contribution in [0, 0.1) is 5.41 Å². The standard InChI is InChI=1S/C20H16F3NO2/c21-20(22,23)15-9-5-4-8-14(15)16-10-19(16)11-17(25)24(18(19)26)12-13-6-2-1-3-7-13/h1-9,16H,10-12H2/t16-,19?/m0/s1. The van der Waals surface area contributed by atoms with Crippen LogP contribution < -0.4 is 0 Å². The molecule has 26 heavy (non-hydrogen) atoms. The molecule has 1 saturated carbocycles. The van der Waals surface area contributed by atoms with Crippen molar-refractivity contribution < 1.29 is 22.8 Å². The molecular weight excluding hydrogens is 343 g/mol. The number of alkyl halides is 3. The van der Waals surface area contributed by atoms with Gasteiger partial charge in [-0.1, -0.05) is 48.5 Å². The molecule has 3 nitrogen and oxygen atoms in total. The normalized spacial score (nSPS) is 25.2. The monoisotopic (exact) mass is 359 g/mol. The second-order valence-corrected chi connectivity index (χ2v) is 6.95. The van der Waals surface area contributed by atoms with Crippen molar-refractivity contribution in [3.8, 4) is 0 Å². The van der Waals surface area contributed by atoms with E-state index in [1.807, 2.05) is 30.3 Å². The zero-order chi connectivity index (χ0) is 18.5. The molecule has 0 N–H and O–H groups in total. The Kier molecular flexibility index (Phi) is 3.68. The first-order valence-corrected chi connectivity index (χ1v) is 8.38. The molecule has 1 unspecified atom stereocenters. The molecule has 1 aliphatic carbocycles. The molecule has 1 saturated heterocycles. The van der Waals surface area contributed by atoms with Gasteiger partial charge in [0.05, 0.1) is 17.5 Å². The van der Waals surface area contributed by atoms with Crippen LogP contribution >= 0.6 is 0 Å². The van der Waals surface area contributed by atoms with Crippen LogP contribution in [0.1, 0.15) is 35.4 Å². The number of benzene rings is 2. The fourth-order valence-corrected chi connectivity index (χ4v) is 3.95. The van der Waals surface area contributed by atoms with Crippen molar-refractivity contribution in [1.82, 2.24) is 4.90 Å². The summed E-state index contributed by atoms with van der Waals surface area (Å²) >= 11 is 0. The largest absolute Gasteiger partial charge is 0.416 e. The molecule has 1 heterocycles. The van der Waals surface area contributed by atoms with Gasteiger partial charge in [-0.05, 0) is 23.6 Å². The molecular formula is C20H16F3NO2. The highest BCUT2D eigenvalue weighted by molar-refractivity contribution is 6.08. The Morgan fingerprint density at radius 2 is 1.65 bits per heavy atom. The maximum absolute atomic E-state index is 13.3. The van der Waals surface area contributed by atoms with Gasteiger partial charge in [-0.3, -0.25) is 14.5 Å². The van der Waals surface area contributed by atoms with Gasteiger partial charge >= 0.3 is 6.18 Å². The molecule has 1 spiro atoms. The molecule has 2 amide bonds. The lowest BCUT2D eigenvalue weighted by Crippen LogP contribution is -2.31. The minimum atomic E-state index is -4.48. The highest BCUT2D eigenvalue weighted by Crippen LogP contribution is 2.66. The van der Waals surface area contributed by atoms with Crippen molar-refractivity contribution in [2.75, 3.05) is 0 Å². The fraction of sp³-hybridized carbons (Fsp3) is 0.300. The molecule has 134 valence electrons. The van der Waals surface area contributed by atoms with Gasteiger partial charge in [0.1, 0.15) is 0 Å². The smallest absolute Gasteiger partial charge is 0.278 e. The van der Waals surface area contributed by atoms with Crippen LogP contribution in [0.2, 0.25) is 0 Å². The summed E-state index contributed by atoms with van der Waals surface area (Å²) in [6.07, 6.45) is -4.21. The van der Waals surface area contributed by atoms with Gasteiger partial charge in [0.15, 0.2) is 0 Å². The van der Waals surface area contributed by atoms with Crippen LogP contribution in [0.3, 0.4) is 0 Å². The number of halogens is 3. The Balaban J connectivity index is 1.61. The number of carbonyl (C=O) groups excluding carboxylic acids is 2. The molecule has 0 aromatic heterocycles. The molecule has 0 bridgehead atoms. The number of imide groups is 1. The number of hydrogen-bond donors (Lipinski definition) is 0. The van der Waals surface area contributed by atoms with Crippen LogP contribution in [-0.2, 0) is 22.3 Å². The third-order valence-corrected chi connectivity index (χ3v) is 5.34. The Labute approximate surface area is 148 Å². The van der Waals surface area contributed by atoms with E-state index in [0.717, 1.165) is 11.6 Å². The molecule has 2 atom stereocenters. The van der Waals surface area contributed by atoms with E-state index in [-0.39, 0.29) is 36.8 Å². The predicted octanol–water partition coefficient (Wildman–Crippen LogP) is 4.14. The van der Waals surface area contributed by atoms with Gasteiger partial charge in [0, 0.05) is 12.3 Å². The fourth-order valence-electron chi connectivity index (χ4n) is 3.95. The van der Waals surface area contributed by atoms with Crippen molar-refractivity contribution in [1.29, 1.82) is 0 Å². The third kappa shape index (κ3) is 2.60. The van der Waals surface area contributed by atoms with Gasteiger partial charge in [0.2, 0.25) is 11.8 Å². The van der Waals surface area contributed by atoms with Crippen molar-refractivity contribution in [2.24, 2.45) is 5.41 Å². The van der Waals surface area contributed by atoms with Crippen molar-refractivity contribution >= 4 is 11.8 Å². The Morgan fingerprint density at radius 1 is 1.00 bits per heavy atom. The summed E-state index contributed by atoms with van der Waals surface area (Å²) in [6.45, 7) is 0.161. The van der Waals surface area contributed by atoms with Gasteiger partial charge in [-0.25, -0.2) is 0 Å². The van der Waals surface area contributed by atoms with E-state index in [4.69, 9.17) is 0 Å². The minimum Gasteiger partial charge on any atom is -0.278 e. The van der Waals surface area contributed by atoms with Gasteiger partial charge in [0.25, 0.3) is 0 Å². The molecule has 2 aliphatic rings. The summed E-state index contributed by atoms with van der Waals surface area (Å²) < 4.78 is 39.9. The van der Waals surface area contributed by atoms with Gasteiger partial charge < -0.3 is 0 Å². The highest BCUT2D eigenvalue weighted by atomic mass is 19.4. The maximum Gasteiger partial charge on any atom is 0.416 e. The molecule has 2 aromatic rings. The maximum atomic E-state index is 13.3. The number of hydrogen-bond acceptors (Lipinski definition) is 2. The topological polar surface area (TPSA) is 37.4 Å². The number of amides is 2. The molecule has 0 radical (unpaired) electrons. The number of carbonyl (C=O) groups is 2. The zero-order valence-corrected chi connectivity index (χ0v) is 13.8. The molecule has 2 aromatic carbocycles. The number of likely N-dealkylation sites (tertiary alicyclic amines) is 1. The first-order valence-electron chi connectivity index (χ1n) is 8.38. The molecule has 1 aliphatic heterocycles. The summed E-state index contributed by atoms with van der Waals surface area (Å²) in [4.78, 5) is 26.4. The average Bonchev–Trinajstić information content (AvgIpc) is 3.29. The summed E-state index contributed by atoms with van der Waals surface area (Å²) in [5, 5.41) is 0. The Hall–Kier alpha value is -2.63. The summed E-state index contributed by atoms with van der Waals surface area (Å²) in [7, 11) is 0. The Bertz CT molecular complexity index is 878. The SMILES string of the molecule is O=C1CC2(C[C@H]2c2ccccc2C(F)(F)F)C(=O)N1Cc1ccccc1. The van der Waals surface area contributed by atoms with E-state index in [2.05, 4.69) is 0 Å². The van der Waals surface area contributed by atoms with E-state index in [1.165, 1.54) is 17.0 Å². The van der Waals surface area contributed by atoms with E-state index < -0.39 is 23.1 Å². The predicted molar refractivity (Wildman–Crippen MR) is 87.9 cm³/mol. The van der Waals surface area contributed by atoms with E-state index >= 15 is 0 Å². The van der Waals surface area contributed by atoms with Crippen LogP contribution in [-0.4, -0.2) is 16.7 Å².